The summed E-state index contributed by atoms with van der Waals surface area (Å²) in [5.41, 5.74) is -2.33. The van der Waals surface area contributed by atoms with Crippen molar-refractivity contribution in [1.82, 2.24) is 0 Å². The zero-order chi connectivity index (χ0) is 27.2. The van der Waals surface area contributed by atoms with Crippen LogP contribution in [0.5, 0.6) is 0 Å². The van der Waals surface area contributed by atoms with Gasteiger partial charge in [-0.15, -0.1) is 0 Å². The number of fused-ring (bicyclic) bond motifs is 6. The molecule has 6 fully saturated rings. The number of hydrogen-bond donors (Lipinski definition) is 4. The fraction of sp³-hybridized carbons (Fsp3) is 1.00. The second-order valence-electron chi connectivity index (χ2n) is 10.6. The molecule has 6 heterocycles. The molecule has 0 aromatic rings. The van der Waals surface area contributed by atoms with Crippen molar-refractivity contribution in [2.24, 2.45) is 5.92 Å². The molecule has 12 nitrogen and oxygen atoms in total. The quantitative estimate of drug-likeness (QED) is 0.267. The first kappa shape index (κ1) is 29.6. The Morgan fingerprint density at radius 1 is 0.892 bits per heavy atom. The minimum atomic E-state index is -0.970. The zero-order valence-electron chi connectivity index (χ0n) is 21.7. The van der Waals surface area contributed by atoms with Gasteiger partial charge in [0.05, 0.1) is 58.0 Å². The molecule has 6 saturated heterocycles. The largest absolute Gasteiger partial charge is 0.393 e. The van der Waals surface area contributed by atoms with Gasteiger partial charge in [0.1, 0.15) is 56.9 Å². The Labute approximate surface area is 219 Å². The van der Waals surface area contributed by atoms with Crippen LogP contribution < -0.4 is 0 Å². The molecule has 208 valence electrons. The molecule has 6 rings (SSSR count). The van der Waals surface area contributed by atoms with Crippen LogP contribution in [-0.4, -0.2) is 162 Å². The summed E-state index contributed by atoms with van der Waals surface area (Å²) in [4.78, 5) is 0. The lowest BCUT2D eigenvalue weighted by Gasteiger charge is -2.34. The van der Waals surface area contributed by atoms with Crippen molar-refractivity contribution in [2.45, 2.75) is 85.4 Å². The van der Waals surface area contributed by atoms with Crippen LogP contribution in [0.1, 0.15) is 13.8 Å². The summed E-state index contributed by atoms with van der Waals surface area (Å²) in [6.07, 6.45) is -1.80. The van der Waals surface area contributed by atoms with Gasteiger partial charge in [0, 0.05) is 32.1 Å². The minimum absolute atomic E-state index is 0.00699. The van der Waals surface area contributed by atoms with Gasteiger partial charge in [0.15, 0.2) is 0 Å². The molecule has 13 atom stereocenters. The van der Waals surface area contributed by atoms with Gasteiger partial charge in [0.25, 0.3) is 0 Å². The molecule has 14 heteroatoms. The fourth-order valence-corrected chi connectivity index (χ4v) is 6.11. The standard InChI is InChI=1S/C10H18O4.C7H11BO4.C6H9BO4/c1-6-8-9(12-4)10(14-6,5-11-3)7(2)13-8;8-6-4-1-11-3-7(2-9,12-6)5(4)10;7-5-3-4(9)6(1-8,11-5)2-10-3/h6-9H,5H2,1-4H3;4-6,9-10H,1-3H2;3-5,8-9H,1-2H2/t6-,7?,8-,9-,10-;4-,5?,6?,7?;3-,4?,5?,6?/m000/s1. The monoisotopic (exact) mass is 528 g/mol. The van der Waals surface area contributed by atoms with Crippen molar-refractivity contribution in [1.29, 1.82) is 0 Å². The number of rotatable bonds is 5. The molecule has 0 amide bonds. The highest BCUT2D eigenvalue weighted by Crippen LogP contribution is 2.45. The van der Waals surface area contributed by atoms with Crippen LogP contribution in [0.25, 0.3) is 0 Å². The highest BCUT2D eigenvalue weighted by Gasteiger charge is 2.64. The van der Waals surface area contributed by atoms with Crippen molar-refractivity contribution in [3.8, 4) is 0 Å². The molecule has 6 bridgehead atoms. The van der Waals surface area contributed by atoms with Crippen LogP contribution in [0.2, 0.25) is 0 Å². The molecule has 0 spiro atoms. The summed E-state index contributed by atoms with van der Waals surface area (Å²) in [6, 6.07) is -1.12. The molecular formula is C23H38B2O12. The molecule has 7 unspecified atom stereocenters. The lowest BCUT2D eigenvalue weighted by atomic mass is 9.81. The first-order valence-corrected chi connectivity index (χ1v) is 12.5. The lowest BCUT2D eigenvalue weighted by molar-refractivity contribution is -0.194. The maximum atomic E-state index is 9.68. The lowest BCUT2D eigenvalue weighted by Crippen LogP contribution is -2.52. The third-order valence-corrected chi connectivity index (χ3v) is 8.32. The maximum Gasteiger partial charge on any atom is 0.146 e. The number of methoxy groups -OCH3 is 2. The van der Waals surface area contributed by atoms with Crippen molar-refractivity contribution in [3.05, 3.63) is 0 Å². The number of hydrogen-bond acceptors (Lipinski definition) is 12. The summed E-state index contributed by atoms with van der Waals surface area (Å²) >= 11 is 0. The van der Waals surface area contributed by atoms with Crippen LogP contribution >= 0.6 is 0 Å². The van der Waals surface area contributed by atoms with Crippen molar-refractivity contribution < 1.29 is 58.3 Å². The van der Waals surface area contributed by atoms with Gasteiger partial charge in [0.2, 0.25) is 0 Å². The van der Waals surface area contributed by atoms with E-state index in [1.54, 1.807) is 14.2 Å². The van der Waals surface area contributed by atoms with E-state index in [4.69, 9.17) is 63.8 Å². The summed E-state index contributed by atoms with van der Waals surface area (Å²) in [5, 5.41) is 37.1. The molecular weight excluding hydrogens is 490 g/mol. The molecule has 37 heavy (non-hydrogen) atoms. The smallest absolute Gasteiger partial charge is 0.146 e. The van der Waals surface area contributed by atoms with Gasteiger partial charge in [-0.3, -0.25) is 0 Å². The van der Waals surface area contributed by atoms with Crippen LogP contribution in [0.3, 0.4) is 0 Å². The van der Waals surface area contributed by atoms with E-state index in [0.717, 1.165) is 0 Å². The second kappa shape index (κ2) is 11.3. The van der Waals surface area contributed by atoms with E-state index in [1.807, 2.05) is 13.8 Å². The summed E-state index contributed by atoms with van der Waals surface area (Å²) in [6.45, 7) is 4.89. The minimum Gasteiger partial charge on any atom is -0.393 e. The van der Waals surface area contributed by atoms with Crippen LogP contribution in [0.4, 0.5) is 0 Å². The van der Waals surface area contributed by atoms with Gasteiger partial charge in [-0.05, 0) is 13.8 Å². The van der Waals surface area contributed by atoms with Gasteiger partial charge < -0.3 is 58.3 Å². The van der Waals surface area contributed by atoms with E-state index in [1.165, 1.54) is 0 Å². The van der Waals surface area contributed by atoms with Gasteiger partial charge >= 0.3 is 0 Å². The fourth-order valence-electron chi connectivity index (χ4n) is 6.11. The Hall–Kier alpha value is -0.350. The number of aliphatic hydroxyl groups is 4. The molecule has 6 aliphatic heterocycles. The molecule has 6 aliphatic rings. The van der Waals surface area contributed by atoms with E-state index >= 15 is 0 Å². The Morgan fingerprint density at radius 2 is 1.54 bits per heavy atom. The summed E-state index contributed by atoms with van der Waals surface area (Å²) in [5.74, 6) is -0.203. The van der Waals surface area contributed by atoms with E-state index in [0.29, 0.717) is 13.2 Å². The van der Waals surface area contributed by atoms with Gasteiger partial charge in [-0.25, -0.2) is 0 Å². The number of aliphatic hydroxyl groups excluding tert-OH is 4. The molecule has 0 aromatic carbocycles. The van der Waals surface area contributed by atoms with E-state index in [-0.39, 0.29) is 56.8 Å². The number of ether oxygens (including phenoxy) is 8. The molecule has 0 saturated carbocycles. The van der Waals surface area contributed by atoms with E-state index < -0.39 is 47.1 Å². The third-order valence-electron chi connectivity index (χ3n) is 8.32. The van der Waals surface area contributed by atoms with Crippen molar-refractivity contribution in [3.63, 3.8) is 0 Å². The average molecular weight is 528 g/mol. The van der Waals surface area contributed by atoms with E-state index in [9.17, 15) is 10.2 Å². The van der Waals surface area contributed by atoms with Gasteiger partial charge in [-0.1, -0.05) is 0 Å². The first-order valence-electron chi connectivity index (χ1n) is 12.5. The Bertz CT molecular complexity index is 782. The topological polar surface area (TPSA) is 155 Å². The molecule has 0 aromatic heterocycles. The van der Waals surface area contributed by atoms with Crippen LogP contribution in [0, 0.1) is 5.92 Å². The van der Waals surface area contributed by atoms with Crippen LogP contribution in [0.15, 0.2) is 0 Å². The average Bonchev–Trinajstić information content (AvgIpc) is 3.53. The van der Waals surface area contributed by atoms with E-state index in [2.05, 4.69) is 0 Å². The molecule has 4 N–H and O–H groups in total. The first-order chi connectivity index (χ1) is 17.5. The predicted molar refractivity (Wildman–Crippen MR) is 127 cm³/mol. The molecule has 4 radical (unpaired) electrons. The Balaban J connectivity index is 0.000000131. The SMILES string of the molecule is COC[C@]12O[C@@H](C)[C@H](OC1C)[C@@H]2OC.[B]C1OC2(CO)COC[C@H]1C2O.[B]C1OC2(CO)CO[C@H]1C2O. The second-order valence-corrected chi connectivity index (χ2v) is 10.6. The van der Waals surface area contributed by atoms with Crippen molar-refractivity contribution in [2.75, 3.05) is 53.9 Å². The maximum absolute atomic E-state index is 9.68. The highest BCUT2D eigenvalue weighted by atomic mass is 16.7. The summed E-state index contributed by atoms with van der Waals surface area (Å²) in [7, 11) is 14.4. The Morgan fingerprint density at radius 3 is 2.03 bits per heavy atom. The van der Waals surface area contributed by atoms with Gasteiger partial charge in [-0.2, -0.15) is 0 Å². The normalized spacial score (nSPS) is 53.0. The highest BCUT2D eigenvalue weighted by molar-refractivity contribution is 6.12. The Kier molecular flexibility index (Phi) is 9.02. The predicted octanol–water partition coefficient (Wildman–Crippen LogP) is -3.16. The van der Waals surface area contributed by atoms with Crippen LogP contribution in [-0.2, 0) is 37.9 Å². The third kappa shape index (κ3) is 4.81. The van der Waals surface area contributed by atoms with Crippen molar-refractivity contribution >= 4 is 15.7 Å². The zero-order valence-corrected chi connectivity index (χ0v) is 21.7. The summed E-state index contributed by atoms with van der Waals surface area (Å²) < 4.78 is 43.1. The molecule has 0 aliphatic carbocycles.